The third-order valence-corrected chi connectivity index (χ3v) is 5.04. The monoisotopic (exact) mass is 389 g/mol. The molecule has 0 aliphatic rings. The molecule has 0 fully saturated rings. The zero-order valence-electron chi connectivity index (χ0n) is 16.5. The van der Waals surface area contributed by atoms with Gasteiger partial charge in [-0.3, -0.25) is 4.79 Å². The highest BCUT2D eigenvalue weighted by Crippen LogP contribution is 2.19. The van der Waals surface area contributed by atoms with Gasteiger partial charge >= 0.3 is 0 Å². The minimum Gasteiger partial charge on any atom is -0.489 e. The van der Waals surface area contributed by atoms with Crippen molar-refractivity contribution >= 4 is 16.8 Å². The zero-order chi connectivity index (χ0) is 20.2. The standard InChI is InChI=1S/C23H23N3O3/c1-15-21(16(2)29-26-15)14-28-19-9-7-17(8-10-19)23(27)24-12-11-18-13-25-22-6-4-3-5-20(18)22/h3-10,13,25H,11-12,14H2,1-2H3,(H,24,27). The Labute approximate surface area is 168 Å². The Bertz CT molecular complexity index is 1110. The number of H-pyrrole nitrogens is 1. The first-order valence-electron chi connectivity index (χ1n) is 9.59. The third-order valence-electron chi connectivity index (χ3n) is 5.04. The molecule has 0 atom stereocenters. The fourth-order valence-electron chi connectivity index (χ4n) is 3.32. The minimum absolute atomic E-state index is 0.0953. The maximum Gasteiger partial charge on any atom is 0.251 e. The first-order valence-corrected chi connectivity index (χ1v) is 9.59. The van der Waals surface area contributed by atoms with E-state index in [0.717, 1.165) is 29.0 Å². The average molecular weight is 389 g/mol. The van der Waals surface area contributed by atoms with Gasteiger partial charge in [-0.25, -0.2) is 0 Å². The van der Waals surface area contributed by atoms with Gasteiger partial charge in [0.25, 0.3) is 5.91 Å². The molecule has 0 unspecified atom stereocenters. The van der Waals surface area contributed by atoms with E-state index in [1.54, 1.807) is 24.3 Å². The van der Waals surface area contributed by atoms with Gasteiger partial charge in [0.15, 0.2) is 0 Å². The van der Waals surface area contributed by atoms with Gasteiger partial charge in [-0.2, -0.15) is 0 Å². The molecule has 0 aliphatic heterocycles. The van der Waals surface area contributed by atoms with Crippen molar-refractivity contribution in [3.63, 3.8) is 0 Å². The predicted octanol–water partition coefficient (Wildman–Crippen LogP) is 4.32. The van der Waals surface area contributed by atoms with Crippen LogP contribution in [0.4, 0.5) is 0 Å². The molecule has 0 radical (unpaired) electrons. The number of fused-ring (bicyclic) bond motifs is 1. The Morgan fingerprint density at radius 1 is 1.14 bits per heavy atom. The SMILES string of the molecule is Cc1noc(C)c1COc1ccc(C(=O)NCCc2c[nH]c3ccccc23)cc1. The lowest BCUT2D eigenvalue weighted by Crippen LogP contribution is -2.25. The molecule has 6 heteroatoms. The Hall–Kier alpha value is -3.54. The zero-order valence-corrected chi connectivity index (χ0v) is 16.5. The van der Waals surface area contributed by atoms with E-state index in [1.807, 2.05) is 38.2 Å². The number of nitrogens with one attached hydrogen (secondary N) is 2. The maximum atomic E-state index is 12.4. The van der Waals surface area contributed by atoms with Gasteiger partial charge in [0.2, 0.25) is 0 Å². The lowest BCUT2D eigenvalue weighted by Gasteiger charge is -2.08. The summed E-state index contributed by atoms with van der Waals surface area (Å²) in [4.78, 5) is 15.7. The van der Waals surface area contributed by atoms with Gasteiger partial charge in [-0.05, 0) is 56.2 Å². The summed E-state index contributed by atoms with van der Waals surface area (Å²) in [5.41, 5.74) is 4.69. The van der Waals surface area contributed by atoms with Crippen LogP contribution in [0.2, 0.25) is 0 Å². The van der Waals surface area contributed by atoms with Crippen LogP contribution in [0.15, 0.2) is 59.3 Å². The molecule has 0 saturated carbocycles. The topological polar surface area (TPSA) is 80.2 Å². The van der Waals surface area contributed by atoms with Crippen molar-refractivity contribution in [1.82, 2.24) is 15.5 Å². The molecule has 29 heavy (non-hydrogen) atoms. The van der Waals surface area contributed by atoms with Gasteiger partial charge in [-0.1, -0.05) is 23.4 Å². The fourth-order valence-corrected chi connectivity index (χ4v) is 3.32. The number of aryl methyl sites for hydroxylation is 2. The summed E-state index contributed by atoms with van der Waals surface area (Å²) in [5.74, 6) is 1.36. The summed E-state index contributed by atoms with van der Waals surface area (Å²) >= 11 is 0. The Kier molecular flexibility index (Phi) is 5.33. The van der Waals surface area contributed by atoms with E-state index >= 15 is 0 Å². The lowest BCUT2D eigenvalue weighted by molar-refractivity contribution is 0.0954. The Balaban J connectivity index is 1.30. The van der Waals surface area contributed by atoms with Gasteiger partial charge in [0, 0.05) is 29.2 Å². The fraction of sp³-hybridized carbons (Fsp3) is 0.217. The van der Waals surface area contributed by atoms with Gasteiger partial charge in [0.1, 0.15) is 18.1 Å². The number of aromatic amines is 1. The van der Waals surface area contributed by atoms with Gasteiger partial charge in [0.05, 0.1) is 11.3 Å². The molecule has 0 aliphatic carbocycles. The minimum atomic E-state index is -0.0953. The van der Waals surface area contributed by atoms with Crippen LogP contribution in [-0.4, -0.2) is 22.6 Å². The van der Waals surface area contributed by atoms with Crippen LogP contribution in [0.25, 0.3) is 10.9 Å². The van der Waals surface area contributed by atoms with E-state index < -0.39 is 0 Å². The van der Waals surface area contributed by atoms with E-state index in [0.29, 0.717) is 24.5 Å². The highest BCUT2D eigenvalue weighted by atomic mass is 16.5. The van der Waals surface area contributed by atoms with E-state index in [-0.39, 0.29) is 5.91 Å². The summed E-state index contributed by atoms with van der Waals surface area (Å²) < 4.78 is 10.9. The summed E-state index contributed by atoms with van der Waals surface area (Å²) in [6.45, 7) is 4.71. The van der Waals surface area contributed by atoms with E-state index in [1.165, 1.54) is 10.9 Å². The average Bonchev–Trinajstić information content (AvgIpc) is 3.30. The summed E-state index contributed by atoms with van der Waals surface area (Å²) in [6.07, 6.45) is 2.77. The number of para-hydroxylation sites is 1. The number of carbonyl (C=O) groups excluding carboxylic acids is 1. The molecule has 0 bridgehead atoms. The van der Waals surface area contributed by atoms with Crippen LogP contribution in [0.3, 0.4) is 0 Å². The van der Waals surface area contributed by atoms with Crippen molar-refractivity contribution in [2.75, 3.05) is 6.54 Å². The number of amides is 1. The van der Waals surface area contributed by atoms with Crippen LogP contribution in [-0.2, 0) is 13.0 Å². The molecule has 1 amide bonds. The Morgan fingerprint density at radius 3 is 2.69 bits per heavy atom. The molecule has 4 aromatic rings. The molecule has 2 aromatic heterocycles. The second-order valence-electron chi connectivity index (χ2n) is 6.98. The van der Waals surface area contributed by atoms with E-state index in [4.69, 9.17) is 9.26 Å². The quantitative estimate of drug-likeness (QED) is 0.493. The van der Waals surface area contributed by atoms with Crippen LogP contribution in [0, 0.1) is 13.8 Å². The molecule has 2 heterocycles. The molecule has 2 N–H and O–H groups in total. The van der Waals surface area contributed by atoms with Crippen LogP contribution >= 0.6 is 0 Å². The number of aromatic nitrogens is 2. The van der Waals surface area contributed by atoms with Gasteiger partial charge in [-0.15, -0.1) is 0 Å². The molecule has 4 rings (SSSR count). The molecule has 0 spiro atoms. The number of hydrogen-bond donors (Lipinski definition) is 2. The molecular formula is C23H23N3O3. The summed E-state index contributed by atoms with van der Waals surface area (Å²) in [5, 5.41) is 8.09. The second-order valence-corrected chi connectivity index (χ2v) is 6.98. The van der Waals surface area contributed by atoms with E-state index in [2.05, 4.69) is 21.5 Å². The van der Waals surface area contributed by atoms with Crippen molar-refractivity contribution in [2.24, 2.45) is 0 Å². The normalized spacial score (nSPS) is 11.0. The van der Waals surface area contributed by atoms with Crippen molar-refractivity contribution in [1.29, 1.82) is 0 Å². The number of nitrogens with zero attached hydrogens (tertiary/aromatic N) is 1. The maximum absolute atomic E-state index is 12.4. The Morgan fingerprint density at radius 2 is 1.93 bits per heavy atom. The van der Waals surface area contributed by atoms with Crippen molar-refractivity contribution in [2.45, 2.75) is 26.9 Å². The largest absolute Gasteiger partial charge is 0.489 e. The number of ether oxygens (including phenoxy) is 1. The van der Waals surface area contributed by atoms with Crippen LogP contribution in [0.5, 0.6) is 5.75 Å². The smallest absolute Gasteiger partial charge is 0.251 e. The summed E-state index contributed by atoms with van der Waals surface area (Å²) in [7, 11) is 0. The first-order chi connectivity index (χ1) is 14.1. The second kappa shape index (κ2) is 8.22. The number of carbonyl (C=O) groups is 1. The highest BCUT2D eigenvalue weighted by Gasteiger charge is 2.10. The van der Waals surface area contributed by atoms with Crippen LogP contribution < -0.4 is 10.1 Å². The summed E-state index contributed by atoms with van der Waals surface area (Å²) in [6, 6.07) is 15.3. The lowest BCUT2D eigenvalue weighted by atomic mass is 10.1. The molecule has 6 nitrogen and oxygen atoms in total. The van der Waals surface area contributed by atoms with Crippen molar-refractivity contribution in [3.8, 4) is 5.75 Å². The number of benzene rings is 2. The van der Waals surface area contributed by atoms with Crippen molar-refractivity contribution in [3.05, 3.63) is 82.9 Å². The molecule has 148 valence electrons. The number of hydrogen-bond acceptors (Lipinski definition) is 4. The van der Waals surface area contributed by atoms with E-state index in [9.17, 15) is 4.79 Å². The van der Waals surface area contributed by atoms with Crippen molar-refractivity contribution < 1.29 is 14.1 Å². The third kappa shape index (κ3) is 4.16. The van der Waals surface area contributed by atoms with Gasteiger partial charge < -0.3 is 19.6 Å². The molecular weight excluding hydrogens is 366 g/mol. The van der Waals surface area contributed by atoms with Crippen LogP contribution in [0.1, 0.15) is 32.9 Å². The number of rotatable bonds is 7. The highest BCUT2D eigenvalue weighted by molar-refractivity contribution is 5.94. The molecule has 2 aromatic carbocycles. The molecule has 0 saturated heterocycles. The predicted molar refractivity (Wildman–Crippen MR) is 111 cm³/mol. The first kappa shape index (κ1) is 18.8.